The third-order valence-electron chi connectivity index (χ3n) is 3.15. The van der Waals surface area contributed by atoms with Gasteiger partial charge in [-0.2, -0.15) is 4.98 Å². The molecule has 1 heterocycles. The Balaban J connectivity index is 2.10. The van der Waals surface area contributed by atoms with E-state index in [9.17, 15) is 18.5 Å². The molecule has 2 rings (SSSR count). The zero-order valence-electron chi connectivity index (χ0n) is 13.1. The van der Waals surface area contributed by atoms with Crippen LogP contribution in [0.1, 0.15) is 31.5 Å². The minimum absolute atomic E-state index is 0.141. The molecule has 0 aliphatic heterocycles. The Morgan fingerprint density at radius 1 is 1.42 bits per heavy atom. The van der Waals surface area contributed by atoms with Crippen LogP contribution >= 0.6 is 0 Å². The monoisotopic (exact) mass is 355 g/mol. The molecule has 130 valence electrons. The highest BCUT2D eigenvalue weighted by Crippen LogP contribution is 2.27. The second-order valence-corrected chi connectivity index (χ2v) is 6.92. The first-order valence-corrected chi connectivity index (χ1v) is 8.60. The Morgan fingerprint density at radius 3 is 2.67 bits per heavy atom. The summed E-state index contributed by atoms with van der Waals surface area (Å²) >= 11 is 0. The summed E-state index contributed by atoms with van der Waals surface area (Å²) in [6.07, 6.45) is 0.369. The molecule has 0 saturated heterocycles. The van der Waals surface area contributed by atoms with Crippen molar-refractivity contribution < 1.29 is 17.9 Å². The van der Waals surface area contributed by atoms with Crippen molar-refractivity contribution >= 4 is 21.4 Å². The van der Waals surface area contributed by atoms with Crippen LogP contribution < -0.4 is 10.5 Å². The van der Waals surface area contributed by atoms with Crippen LogP contribution in [0.15, 0.2) is 27.6 Å². The number of nitrogens with two attached hydrogens (primary N) is 1. The number of nitro benzene ring substituents is 1. The molecule has 11 heteroatoms. The summed E-state index contributed by atoms with van der Waals surface area (Å²) in [5.74, 6) is 1.14. The van der Waals surface area contributed by atoms with E-state index in [1.165, 1.54) is 12.1 Å². The van der Waals surface area contributed by atoms with E-state index < -0.39 is 14.9 Å². The lowest BCUT2D eigenvalue weighted by atomic mass is 10.2. The average Bonchev–Trinajstić information content (AvgIpc) is 2.95. The zero-order valence-corrected chi connectivity index (χ0v) is 13.9. The van der Waals surface area contributed by atoms with Crippen LogP contribution in [0, 0.1) is 10.1 Å². The van der Waals surface area contributed by atoms with Crippen LogP contribution in [0.3, 0.4) is 0 Å². The summed E-state index contributed by atoms with van der Waals surface area (Å²) < 4.78 is 27.6. The molecule has 3 N–H and O–H groups in total. The first-order valence-electron chi connectivity index (χ1n) is 7.06. The number of aromatic nitrogens is 2. The third-order valence-corrected chi connectivity index (χ3v) is 4.06. The van der Waals surface area contributed by atoms with Crippen molar-refractivity contribution in [1.29, 1.82) is 0 Å². The summed E-state index contributed by atoms with van der Waals surface area (Å²) in [4.78, 5) is 14.3. The number of nitro groups is 1. The van der Waals surface area contributed by atoms with Gasteiger partial charge < -0.3 is 9.84 Å². The zero-order chi connectivity index (χ0) is 17.9. The van der Waals surface area contributed by atoms with Crippen molar-refractivity contribution in [3.63, 3.8) is 0 Å². The maximum absolute atomic E-state index is 11.3. The van der Waals surface area contributed by atoms with Gasteiger partial charge in [-0.3, -0.25) is 10.1 Å². The Labute approximate surface area is 138 Å². The normalized spacial score (nSPS) is 11.7. The molecule has 0 unspecified atom stereocenters. The SMILES string of the molecule is CC(C)c1noc(CCNc2ccc(S(N)(=O)=O)cc2[N+](=O)[O-])n1. The van der Waals surface area contributed by atoms with E-state index in [2.05, 4.69) is 15.5 Å². The molecule has 1 aromatic heterocycles. The Bertz CT molecular complexity index is 846. The Kier molecular flexibility index (Phi) is 5.14. The molecule has 0 spiro atoms. The molecule has 0 radical (unpaired) electrons. The fraction of sp³-hybridized carbons (Fsp3) is 0.385. The number of primary sulfonamides is 1. The highest BCUT2D eigenvalue weighted by Gasteiger charge is 2.19. The van der Waals surface area contributed by atoms with Gasteiger partial charge >= 0.3 is 0 Å². The lowest BCUT2D eigenvalue weighted by molar-refractivity contribution is -0.384. The van der Waals surface area contributed by atoms with E-state index in [1.807, 2.05) is 13.8 Å². The van der Waals surface area contributed by atoms with Crippen molar-refractivity contribution in [3.8, 4) is 0 Å². The summed E-state index contributed by atoms with van der Waals surface area (Å²) in [5.41, 5.74) is -0.203. The number of benzene rings is 1. The quantitative estimate of drug-likeness (QED) is 0.558. The second-order valence-electron chi connectivity index (χ2n) is 5.36. The van der Waals surface area contributed by atoms with Crippen molar-refractivity contribution in [2.75, 3.05) is 11.9 Å². The van der Waals surface area contributed by atoms with E-state index >= 15 is 0 Å². The summed E-state index contributed by atoms with van der Waals surface area (Å²) in [6.45, 7) is 4.17. The van der Waals surface area contributed by atoms with Crippen LogP contribution in [0.2, 0.25) is 0 Å². The van der Waals surface area contributed by atoms with Gasteiger partial charge in [0.2, 0.25) is 15.9 Å². The van der Waals surface area contributed by atoms with Gasteiger partial charge in [-0.15, -0.1) is 0 Å². The number of hydrogen-bond acceptors (Lipinski definition) is 8. The number of nitrogens with one attached hydrogen (secondary N) is 1. The van der Waals surface area contributed by atoms with Gasteiger partial charge in [0.05, 0.1) is 9.82 Å². The van der Waals surface area contributed by atoms with E-state index in [-0.39, 0.29) is 22.2 Å². The van der Waals surface area contributed by atoms with Crippen LogP contribution in [0.4, 0.5) is 11.4 Å². The maximum Gasteiger partial charge on any atom is 0.293 e. The summed E-state index contributed by atoms with van der Waals surface area (Å²) in [6, 6.07) is 3.42. The molecule has 0 saturated carbocycles. The van der Waals surface area contributed by atoms with Crippen LogP contribution in [0.25, 0.3) is 0 Å². The molecule has 0 atom stereocenters. The highest BCUT2D eigenvalue weighted by molar-refractivity contribution is 7.89. The molecular formula is C13H17N5O5S. The predicted molar refractivity (Wildman–Crippen MR) is 85.1 cm³/mol. The fourth-order valence-electron chi connectivity index (χ4n) is 1.90. The number of rotatable bonds is 7. The van der Waals surface area contributed by atoms with Crippen molar-refractivity contribution in [1.82, 2.24) is 10.1 Å². The van der Waals surface area contributed by atoms with Crippen molar-refractivity contribution in [2.24, 2.45) is 5.14 Å². The third kappa shape index (κ3) is 4.26. The molecule has 0 amide bonds. The minimum atomic E-state index is -4.01. The molecular weight excluding hydrogens is 338 g/mol. The molecule has 24 heavy (non-hydrogen) atoms. The molecule has 0 aliphatic carbocycles. The summed E-state index contributed by atoms with van der Waals surface area (Å²) in [5, 5.41) is 22.8. The van der Waals surface area contributed by atoms with Gasteiger partial charge in [-0.25, -0.2) is 13.6 Å². The van der Waals surface area contributed by atoms with Gasteiger partial charge in [-0.1, -0.05) is 19.0 Å². The molecule has 0 bridgehead atoms. The van der Waals surface area contributed by atoms with Crippen molar-refractivity contribution in [3.05, 3.63) is 40.0 Å². The van der Waals surface area contributed by atoms with Crippen molar-refractivity contribution in [2.45, 2.75) is 31.1 Å². The number of anilines is 1. The van der Waals surface area contributed by atoms with Crippen LogP contribution in [-0.4, -0.2) is 30.0 Å². The lowest BCUT2D eigenvalue weighted by Gasteiger charge is -2.07. The smallest absolute Gasteiger partial charge is 0.293 e. The number of hydrogen-bond donors (Lipinski definition) is 2. The first kappa shape index (κ1) is 17.8. The largest absolute Gasteiger partial charge is 0.379 e. The molecule has 1 aromatic carbocycles. The number of sulfonamides is 1. The Hall–Kier alpha value is -2.53. The topological polar surface area (TPSA) is 154 Å². The molecule has 10 nitrogen and oxygen atoms in total. The molecule has 0 fully saturated rings. The van der Waals surface area contributed by atoms with E-state index in [1.54, 1.807) is 0 Å². The minimum Gasteiger partial charge on any atom is -0.379 e. The standard InChI is InChI=1S/C13H17N5O5S/c1-8(2)13-16-12(23-17-13)5-6-15-10-4-3-9(24(14,21)22)7-11(10)18(19)20/h3-4,7-8,15H,5-6H2,1-2H3,(H2,14,21,22). The average molecular weight is 355 g/mol. The molecule has 2 aromatic rings. The summed E-state index contributed by atoms with van der Waals surface area (Å²) in [7, 11) is -4.01. The van der Waals surface area contributed by atoms with E-state index in [0.29, 0.717) is 24.7 Å². The predicted octanol–water partition coefficient (Wildman–Crippen LogP) is 1.40. The highest BCUT2D eigenvalue weighted by atomic mass is 32.2. The Morgan fingerprint density at radius 2 is 2.12 bits per heavy atom. The van der Waals surface area contributed by atoms with Crippen LogP contribution in [0.5, 0.6) is 0 Å². The van der Waals surface area contributed by atoms with Gasteiger partial charge in [0, 0.05) is 24.9 Å². The van der Waals surface area contributed by atoms with Gasteiger partial charge in [0.1, 0.15) is 5.69 Å². The van der Waals surface area contributed by atoms with Gasteiger partial charge in [0.15, 0.2) is 5.82 Å². The lowest BCUT2D eigenvalue weighted by Crippen LogP contribution is -2.13. The first-order chi connectivity index (χ1) is 11.2. The van der Waals surface area contributed by atoms with Gasteiger partial charge in [0.25, 0.3) is 5.69 Å². The molecule has 0 aliphatic rings. The maximum atomic E-state index is 11.3. The van der Waals surface area contributed by atoms with Gasteiger partial charge in [-0.05, 0) is 12.1 Å². The number of nitrogens with zero attached hydrogens (tertiary/aromatic N) is 3. The van der Waals surface area contributed by atoms with Crippen LogP contribution in [-0.2, 0) is 16.4 Å². The fourth-order valence-corrected chi connectivity index (χ4v) is 2.43. The van der Waals surface area contributed by atoms with E-state index in [0.717, 1.165) is 6.07 Å². The second kappa shape index (κ2) is 6.93. The van der Waals surface area contributed by atoms with E-state index in [4.69, 9.17) is 9.66 Å².